The Bertz CT molecular complexity index is 987. The second-order valence-electron chi connectivity index (χ2n) is 10.9. The van der Waals surface area contributed by atoms with Crippen molar-refractivity contribution < 1.29 is 24.2 Å². The fourth-order valence-electron chi connectivity index (χ4n) is 6.42. The van der Waals surface area contributed by atoms with Gasteiger partial charge in [0.2, 0.25) is 17.7 Å². The first-order valence-electron chi connectivity index (χ1n) is 13.7. The third kappa shape index (κ3) is 5.21. The van der Waals surface area contributed by atoms with Crippen LogP contribution in [0, 0.1) is 17.8 Å². The van der Waals surface area contributed by atoms with Gasteiger partial charge in [0.15, 0.2) is 0 Å². The van der Waals surface area contributed by atoms with Crippen molar-refractivity contribution in [2.24, 2.45) is 17.8 Å². The molecule has 8 nitrogen and oxygen atoms in total. The molecular formula is C28H41N3O5S. The van der Waals surface area contributed by atoms with E-state index in [4.69, 9.17) is 4.74 Å². The molecule has 2 unspecified atom stereocenters. The van der Waals surface area contributed by atoms with Crippen LogP contribution >= 0.6 is 11.8 Å². The van der Waals surface area contributed by atoms with Crippen LogP contribution in [0.25, 0.3) is 0 Å². The van der Waals surface area contributed by atoms with Crippen molar-refractivity contribution in [2.75, 3.05) is 25.1 Å². The highest BCUT2D eigenvalue weighted by molar-refractivity contribution is 8.02. The zero-order valence-electron chi connectivity index (χ0n) is 22.4. The van der Waals surface area contributed by atoms with E-state index in [2.05, 4.69) is 17.6 Å². The lowest BCUT2D eigenvalue weighted by molar-refractivity contribution is -0.142. The van der Waals surface area contributed by atoms with Gasteiger partial charge in [0.05, 0.1) is 35.8 Å². The molecule has 3 aliphatic rings. The second-order valence-corrected chi connectivity index (χ2v) is 12.5. The van der Waals surface area contributed by atoms with Crippen LogP contribution in [0.4, 0.5) is 5.69 Å². The van der Waals surface area contributed by atoms with Crippen LogP contribution in [-0.2, 0) is 14.4 Å². The van der Waals surface area contributed by atoms with E-state index in [0.29, 0.717) is 31.7 Å². The van der Waals surface area contributed by atoms with Gasteiger partial charge in [-0.25, -0.2) is 0 Å². The molecule has 1 aromatic rings. The van der Waals surface area contributed by atoms with Crippen LogP contribution in [-0.4, -0.2) is 69.6 Å². The van der Waals surface area contributed by atoms with E-state index >= 15 is 0 Å². The standard InChI is InChI=1S/C28H41N3O5S/c1-5-7-14-29-26(34)24-28-13-12-21(37-28)22(23(28)27(35)31(24)19(16-32)15-17(3)4)25(33)30-18-8-10-20(11-9-18)36-6-2/h8-11,17,19,21-24,32H,5-7,12-16H2,1-4H3,(H,29,34)(H,30,33)/t19-,21-,22+,23+,24?,28?/m1/s1. The Morgan fingerprint density at radius 2 is 1.95 bits per heavy atom. The molecular weight excluding hydrogens is 490 g/mol. The summed E-state index contributed by atoms with van der Waals surface area (Å²) in [4.78, 5) is 43.0. The third-order valence-electron chi connectivity index (χ3n) is 7.90. The van der Waals surface area contributed by atoms with E-state index in [0.717, 1.165) is 25.0 Å². The van der Waals surface area contributed by atoms with E-state index in [1.807, 2.05) is 32.9 Å². The minimum atomic E-state index is -0.684. The number of hydrogen-bond donors (Lipinski definition) is 3. The Kier molecular flexibility index (Phi) is 8.74. The molecule has 3 amide bonds. The smallest absolute Gasteiger partial charge is 0.244 e. The normalized spacial score (nSPS) is 28.9. The zero-order valence-corrected chi connectivity index (χ0v) is 23.2. The Labute approximate surface area is 224 Å². The molecule has 3 fully saturated rings. The van der Waals surface area contributed by atoms with Crippen molar-refractivity contribution in [3.05, 3.63) is 24.3 Å². The fourth-order valence-corrected chi connectivity index (χ4v) is 8.62. The summed E-state index contributed by atoms with van der Waals surface area (Å²) in [5, 5.41) is 16.4. The highest BCUT2D eigenvalue weighted by atomic mass is 32.2. The molecule has 0 aliphatic carbocycles. The molecule has 6 atom stereocenters. The number of likely N-dealkylation sites (tertiary alicyclic amines) is 1. The van der Waals surface area contributed by atoms with Gasteiger partial charge in [-0.05, 0) is 62.8 Å². The molecule has 2 bridgehead atoms. The van der Waals surface area contributed by atoms with Gasteiger partial charge in [-0.15, -0.1) is 11.8 Å². The van der Waals surface area contributed by atoms with E-state index in [-0.39, 0.29) is 35.5 Å². The van der Waals surface area contributed by atoms with E-state index in [9.17, 15) is 19.5 Å². The number of anilines is 1. The SMILES string of the molecule is CCCCNC(=O)C1N([C@@H](CO)CC(C)C)C(=O)[C@@H]2[C@@H](C(=O)Nc3ccc(OCC)cc3)[C@H]3CCC12S3. The predicted octanol–water partition coefficient (Wildman–Crippen LogP) is 3.44. The van der Waals surface area contributed by atoms with Crippen LogP contribution in [0.1, 0.15) is 59.8 Å². The molecule has 1 aromatic carbocycles. The summed E-state index contributed by atoms with van der Waals surface area (Å²) in [6, 6.07) is 6.09. The second kappa shape index (κ2) is 11.6. The van der Waals surface area contributed by atoms with Gasteiger partial charge in [-0.2, -0.15) is 0 Å². The lowest BCUT2D eigenvalue weighted by atomic mass is 9.70. The quantitative estimate of drug-likeness (QED) is 0.357. The fraction of sp³-hybridized carbons (Fsp3) is 0.679. The maximum Gasteiger partial charge on any atom is 0.244 e. The first-order chi connectivity index (χ1) is 17.8. The summed E-state index contributed by atoms with van der Waals surface area (Å²) in [6.45, 7) is 8.99. The average Bonchev–Trinajstić information content (AvgIpc) is 3.51. The minimum absolute atomic E-state index is 0.0117. The van der Waals surface area contributed by atoms with Crippen LogP contribution in [0.2, 0.25) is 0 Å². The maximum atomic E-state index is 14.1. The van der Waals surface area contributed by atoms with Crippen molar-refractivity contribution in [3.63, 3.8) is 0 Å². The Morgan fingerprint density at radius 1 is 1.22 bits per heavy atom. The van der Waals surface area contributed by atoms with Crippen molar-refractivity contribution >= 4 is 35.2 Å². The molecule has 3 aliphatic heterocycles. The summed E-state index contributed by atoms with van der Waals surface area (Å²) in [6.07, 6.45) is 3.92. The number of aliphatic hydroxyl groups excluding tert-OH is 1. The largest absolute Gasteiger partial charge is 0.494 e. The number of carbonyl (C=O) groups excluding carboxylic acids is 3. The third-order valence-corrected chi connectivity index (χ3v) is 9.85. The van der Waals surface area contributed by atoms with Crippen LogP contribution in [0.5, 0.6) is 5.75 Å². The zero-order chi connectivity index (χ0) is 26.7. The molecule has 0 saturated carbocycles. The highest BCUT2D eigenvalue weighted by Crippen LogP contribution is 2.66. The number of ether oxygens (including phenoxy) is 1. The number of fused-ring (bicyclic) bond motifs is 1. The van der Waals surface area contributed by atoms with Crippen LogP contribution < -0.4 is 15.4 Å². The number of aliphatic hydroxyl groups is 1. The number of nitrogens with zero attached hydrogens (tertiary/aromatic N) is 1. The molecule has 9 heteroatoms. The Morgan fingerprint density at radius 3 is 2.57 bits per heavy atom. The van der Waals surface area contributed by atoms with Crippen LogP contribution in [0.3, 0.4) is 0 Å². The van der Waals surface area contributed by atoms with Gasteiger partial charge in [-0.3, -0.25) is 14.4 Å². The molecule has 3 saturated heterocycles. The molecule has 204 valence electrons. The van der Waals surface area contributed by atoms with Crippen molar-refractivity contribution in [1.82, 2.24) is 10.2 Å². The Balaban J connectivity index is 1.63. The van der Waals surface area contributed by atoms with Gasteiger partial charge in [-0.1, -0.05) is 27.2 Å². The molecule has 3 heterocycles. The van der Waals surface area contributed by atoms with Crippen molar-refractivity contribution in [2.45, 2.75) is 81.9 Å². The number of benzene rings is 1. The lowest BCUT2D eigenvalue weighted by Gasteiger charge is -2.37. The maximum absolute atomic E-state index is 14.1. The highest BCUT2D eigenvalue weighted by Gasteiger charge is 2.74. The summed E-state index contributed by atoms with van der Waals surface area (Å²) in [7, 11) is 0. The summed E-state index contributed by atoms with van der Waals surface area (Å²) in [5.74, 6) is -0.639. The van der Waals surface area contributed by atoms with E-state index in [1.165, 1.54) is 0 Å². The van der Waals surface area contributed by atoms with Crippen LogP contribution in [0.15, 0.2) is 24.3 Å². The van der Waals surface area contributed by atoms with Gasteiger partial charge in [0.1, 0.15) is 11.8 Å². The summed E-state index contributed by atoms with van der Waals surface area (Å²) in [5.41, 5.74) is 0.652. The number of carbonyl (C=O) groups is 3. The number of unbranched alkanes of at least 4 members (excludes halogenated alkanes) is 1. The average molecular weight is 532 g/mol. The summed E-state index contributed by atoms with van der Waals surface area (Å²) >= 11 is 1.65. The van der Waals surface area contributed by atoms with Gasteiger partial charge in [0, 0.05) is 17.5 Å². The number of thioether (sulfide) groups is 1. The van der Waals surface area contributed by atoms with Crippen molar-refractivity contribution in [1.29, 1.82) is 0 Å². The molecule has 37 heavy (non-hydrogen) atoms. The molecule has 1 spiro atoms. The number of hydrogen-bond acceptors (Lipinski definition) is 6. The summed E-state index contributed by atoms with van der Waals surface area (Å²) < 4.78 is 4.84. The monoisotopic (exact) mass is 531 g/mol. The Hall–Kier alpha value is -2.26. The number of amides is 3. The van der Waals surface area contributed by atoms with Gasteiger partial charge < -0.3 is 25.4 Å². The molecule has 0 radical (unpaired) electrons. The predicted molar refractivity (Wildman–Crippen MR) is 145 cm³/mol. The van der Waals surface area contributed by atoms with E-state index < -0.39 is 28.7 Å². The number of rotatable bonds is 12. The van der Waals surface area contributed by atoms with Gasteiger partial charge in [0.25, 0.3) is 0 Å². The minimum Gasteiger partial charge on any atom is -0.494 e. The molecule has 3 N–H and O–H groups in total. The van der Waals surface area contributed by atoms with Crippen molar-refractivity contribution in [3.8, 4) is 5.75 Å². The topological polar surface area (TPSA) is 108 Å². The molecule has 4 rings (SSSR count). The number of nitrogens with one attached hydrogen (secondary N) is 2. The molecule has 0 aromatic heterocycles. The van der Waals surface area contributed by atoms with Gasteiger partial charge >= 0.3 is 0 Å². The first kappa shape index (κ1) is 27.8. The van der Waals surface area contributed by atoms with E-state index in [1.54, 1.807) is 28.8 Å². The lowest BCUT2D eigenvalue weighted by Crippen LogP contribution is -2.56. The first-order valence-corrected chi connectivity index (χ1v) is 14.6.